The van der Waals surface area contributed by atoms with E-state index in [2.05, 4.69) is 5.32 Å². The van der Waals surface area contributed by atoms with E-state index in [4.69, 9.17) is 5.73 Å². The van der Waals surface area contributed by atoms with E-state index in [1.54, 1.807) is 0 Å². The van der Waals surface area contributed by atoms with Crippen LogP contribution in [0.2, 0.25) is 0 Å². The molecule has 0 aliphatic heterocycles. The molecule has 0 fully saturated rings. The summed E-state index contributed by atoms with van der Waals surface area (Å²) in [6, 6.07) is 5.43. The quantitative estimate of drug-likeness (QED) is 0.884. The Labute approximate surface area is 116 Å². The van der Waals surface area contributed by atoms with Gasteiger partial charge in [0.25, 0.3) is 0 Å². The fourth-order valence-electron chi connectivity index (χ4n) is 1.61. The molecule has 0 saturated heterocycles. The molecule has 1 aromatic rings. The van der Waals surface area contributed by atoms with Gasteiger partial charge in [-0.3, -0.25) is 4.79 Å². The fourth-order valence-corrected chi connectivity index (χ4v) is 1.61. The number of carbonyl (C=O) groups excluding carboxylic acids is 1. The summed E-state index contributed by atoms with van der Waals surface area (Å²) in [7, 11) is 0. The van der Waals surface area contributed by atoms with Gasteiger partial charge in [-0.1, -0.05) is 32.4 Å². The molecule has 3 N–H and O–H groups in total. The third kappa shape index (κ3) is 4.00. The highest BCUT2D eigenvalue weighted by atomic mass is 35.5. The highest BCUT2D eigenvalue weighted by Gasteiger charge is 2.19. The number of carbonyl (C=O) groups is 1. The molecule has 18 heavy (non-hydrogen) atoms. The Morgan fingerprint density at radius 3 is 2.56 bits per heavy atom. The Balaban J connectivity index is 0.00000289. The van der Waals surface area contributed by atoms with E-state index in [9.17, 15) is 4.79 Å². The van der Waals surface area contributed by atoms with Crippen LogP contribution in [0.15, 0.2) is 18.2 Å². The van der Waals surface area contributed by atoms with Gasteiger partial charge >= 0.3 is 0 Å². The molecule has 102 valence electrons. The Hall–Kier alpha value is -1.06. The summed E-state index contributed by atoms with van der Waals surface area (Å²) in [5.41, 5.74) is 9.01. The Bertz CT molecular complexity index is 407. The monoisotopic (exact) mass is 270 g/mol. The van der Waals surface area contributed by atoms with E-state index in [0.717, 1.165) is 17.7 Å². The minimum Gasteiger partial charge on any atom is -0.324 e. The van der Waals surface area contributed by atoms with Crippen molar-refractivity contribution in [2.24, 2.45) is 11.7 Å². The summed E-state index contributed by atoms with van der Waals surface area (Å²) in [6.45, 7) is 8.06. The average molecular weight is 271 g/mol. The molecule has 0 radical (unpaired) electrons. The summed E-state index contributed by atoms with van der Waals surface area (Å²) < 4.78 is 0. The zero-order valence-electron chi connectivity index (χ0n) is 11.5. The standard InChI is InChI=1S/C14H22N2O.ClH/c1-5-9(2)13(15)14(17)16-12-8-6-7-10(3)11(12)4;/h6-9,13H,5,15H2,1-4H3,(H,16,17);1H. The molecule has 4 heteroatoms. The summed E-state index contributed by atoms with van der Waals surface area (Å²) >= 11 is 0. The van der Waals surface area contributed by atoms with E-state index in [0.29, 0.717) is 0 Å². The maximum Gasteiger partial charge on any atom is 0.241 e. The van der Waals surface area contributed by atoms with E-state index in [-0.39, 0.29) is 24.2 Å². The zero-order valence-corrected chi connectivity index (χ0v) is 12.3. The molecular formula is C14H23ClN2O. The first-order valence-electron chi connectivity index (χ1n) is 6.10. The molecule has 2 unspecified atom stereocenters. The van der Waals surface area contributed by atoms with Gasteiger partial charge in [0.1, 0.15) is 0 Å². The Kier molecular flexibility index (Phi) is 6.96. The molecule has 2 atom stereocenters. The van der Waals surface area contributed by atoms with Gasteiger partial charge in [-0.25, -0.2) is 0 Å². The van der Waals surface area contributed by atoms with Crippen LogP contribution in [0.4, 0.5) is 5.69 Å². The number of hydrogen-bond acceptors (Lipinski definition) is 2. The molecule has 0 aromatic heterocycles. The second-order valence-electron chi connectivity index (χ2n) is 4.65. The molecule has 0 heterocycles. The number of nitrogens with two attached hydrogens (primary N) is 1. The van der Waals surface area contributed by atoms with E-state index in [1.165, 1.54) is 5.56 Å². The van der Waals surface area contributed by atoms with Crippen LogP contribution < -0.4 is 11.1 Å². The second kappa shape index (κ2) is 7.39. The van der Waals surface area contributed by atoms with E-state index in [1.807, 2.05) is 45.9 Å². The molecule has 3 nitrogen and oxygen atoms in total. The highest BCUT2D eigenvalue weighted by molar-refractivity contribution is 5.95. The predicted octanol–water partition coefficient (Wildman–Crippen LogP) is 3.04. The molecule has 1 rings (SSSR count). The number of hydrogen-bond donors (Lipinski definition) is 2. The molecule has 0 aliphatic rings. The van der Waals surface area contributed by atoms with Crippen LogP contribution in [0.1, 0.15) is 31.4 Å². The number of anilines is 1. The van der Waals surface area contributed by atoms with Crippen molar-refractivity contribution in [3.8, 4) is 0 Å². The highest BCUT2D eigenvalue weighted by Crippen LogP contribution is 2.18. The zero-order chi connectivity index (χ0) is 13.0. The topological polar surface area (TPSA) is 55.1 Å². The van der Waals surface area contributed by atoms with Crippen molar-refractivity contribution in [3.05, 3.63) is 29.3 Å². The number of amides is 1. The Morgan fingerprint density at radius 1 is 1.39 bits per heavy atom. The lowest BCUT2D eigenvalue weighted by molar-refractivity contribution is -0.118. The molecule has 0 spiro atoms. The van der Waals surface area contributed by atoms with Crippen molar-refractivity contribution in [1.82, 2.24) is 0 Å². The van der Waals surface area contributed by atoms with Crippen LogP contribution in [0.3, 0.4) is 0 Å². The van der Waals surface area contributed by atoms with Crippen LogP contribution in [0.5, 0.6) is 0 Å². The molecule has 0 aliphatic carbocycles. The van der Waals surface area contributed by atoms with Crippen molar-refractivity contribution in [1.29, 1.82) is 0 Å². The maximum absolute atomic E-state index is 11.9. The van der Waals surface area contributed by atoms with Crippen LogP contribution in [0, 0.1) is 19.8 Å². The lowest BCUT2D eigenvalue weighted by Gasteiger charge is -2.19. The predicted molar refractivity (Wildman–Crippen MR) is 79.2 cm³/mol. The number of halogens is 1. The first-order valence-corrected chi connectivity index (χ1v) is 6.10. The van der Waals surface area contributed by atoms with Crippen molar-refractivity contribution in [2.45, 2.75) is 40.2 Å². The van der Waals surface area contributed by atoms with Gasteiger partial charge in [0.2, 0.25) is 5.91 Å². The van der Waals surface area contributed by atoms with Crippen molar-refractivity contribution >= 4 is 24.0 Å². The number of rotatable bonds is 4. The van der Waals surface area contributed by atoms with Crippen molar-refractivity contribution in [3.63, 3.8) is 0 Å². The van der Waals surface area contributed by atoms with Crippen molar-refractivity contribution in [2.75, 3.05) is 5.32 Å². The summed E-state index contributed by atoms with van der Waals surface area (Å²) in [5, 5.41) is 2.90. The van der Waals surface area contributed by atoms with E-state index < -0.39 is 6.04 Å². The Morgan fingerprint density at radius 2 is 2.00 bits per heavy atom. The minimum atomic E-state index is -0.445. The minimum absolute atomic E-state index is 0. The van der Waals surface area contributed by atoms with Crippen LogP contribution >= 0.6 is 12.4 Å². The van der Waals surface area contributed by atoms with Gasteiger partial charge in [-0.15, -0.1) is 12.4 Å². The smallest absolute Gasteiger partial charge is 0.241 e. The average Bonchev–Trinajstić information content (AvgIpc) is 2.32. The largest absolute Gasteiger partial charge is 0.324 e. The van der Waals surface area contributed by atoms with Gasteiger partial charge in [0, 0.05) is 5.69 Å². The fraction of sp³-hybridized carbons (Fsp3) is 0.500. The van der Waals surface area contributed by atoms with Crippen LogP contribution in [0.25, 0.3) is 0 Å². The molecule has 1 aromatic carbocycles. The normalized spacial score (nSPS) is 13.4. The van der Waals surface area contributed by atoms with Crippen molar-refractivity contribution < 1.29 is 4.79 Å². The lowest BCUT2D eigenvalue weighted by Crippen LogP contribution is -2.40. The molecule has 0 bridgehead atoms. The van der Waals surface area contributed by atoms with Gasteiger partial charge in [-0.05, 0) is 37.0 Å². The molecule has 1 amide bonds. The lowest BCUT2D eigenvalue weighted by atomic mass is 9.99. The van der Waals surface area contributed by atoms with Gasteiger partial charge in [-0.2, -0.15) is 0 Å². The number of aryl methyl sites for hydroxylation is 1. The van der Waals surface area contributed by atoms with E-state index >= 15 is 0 Å². The first kappa shape index (κ1) is 16.9. The van der Waals surface area contributed by atoms with Gasteiger partial charge in [0.05, 0.1) is 6.04 Å². The maximum atomic E-state index is 11.9. The number of benzene rings is 1. The summed E-state index contributed by atoms with van der Waals surface area (Å²) in [6.07, 6.45) is 0.904. The first-order chi connectivity index (χ1) is 7.97. The summed E-state index contributed by atoms with van der Waals surface area (Å²) in [5.74, 6) is 0.0909. The molecular weight excluding hydrogens is 248 g/mol. The third-order valence-electron chi connectivity index (χ3n) is 3.42. The molecule has 0 saturated carbocycles. The number of nitrogens with one attached hydrogen (secondary N) is 1. The SMILES string of the molecule is CCC(C)C(N)C(=O)Nc1cccc(C)c1C.Cl. The van der Waals surface area contributed by atoms with Crippen LogP contribution in [-0.4, -0.2) is 11.9 Å². The van der Waals surface area contributed by atoms with Gasteiger partial charge in [0.15, 0.2) is 0 Å². The van der Waals surface area contributed by atoms with Crippen LogP contribution in [-0.2, 0) is 4.79 Å². The third-order valence-corrected chi connectivity index (χ3v) is 3.42. The summed E-state index contributed by atoms with van der Waals surface area (Å²) in [4.78, 5) is 11.9. The second-order valence-corrected chi connectivity index (χ2v) is 4.65. The van der Waals surface area contributed by atoms with Gasteiger partial charge < -0.3 is 11.1 Å².